The highest BCUT2D eigenvalue weighted by Gasteiger charge is 2.38. The maximum atomic E-state index is 12.1. The Morgan fingerprint density at radius 2 is 1.89 bits per heavy atom. The minimum absolute atomic E-state index is 0.249. The number of esters is 1. The molecule has 2 bridgehead atoms. The standard InChI is InChI=1S/C15H19NO3/c1-3-19-15(17)11-8-16-14(18-2)13-10-6-4-9(5-7-10)12(11)13/h8-10H,3-7H2,1-2H3. The van der Waals surface area contributed by atoms with Crippen molar-refractivity contribution < 1.29 is 14.3 Å². The summed E-state index contributed by atoms with van der Waals surface area (Å²) in [7, 11) is 1.65. The Labute approximate surface area is 113 Å². The zero-order valence-corrected chi connectivity index (χ0v) is 11.4. The second-order valence-electron chi connectivity index (χ2n) is 5.28. The van der Waals surface area contributed by atoms with Gasteiger partial charge in [0, 0.05) is 11.8 Å². The van der Waals surface area contributed by atoms with E-state index in [1.807, 2.05) is 6.92 Å². The summed E-state index contributed by atoms with van der Waals surface area (Å²) in [5, 5.41) is 0. The van der Waals surface area contributed by atoms with Gasteiger partial charge in [0.15, 0.2) is 0 Å². The highest BCUT2D eigenvalue weighted by molar-refractivity contribution is 5.92. The number of nitrogens with zero attached hydrogens (tertiary/aromatic N) is 1. The normalized spacial score (nSPS) is 23.9. The molecule has 1 aromatic heterocycles. The molecule has 4 nitrogen and oxygen atoms in total. The predicted molar refractivity (Wildman–Crippen MR) is 70.7 cm³/mol. The van der Waals surface area contributed by atoms with Gasteiger partial charge in [-0.2, -0.15) is 0 Å². The van der Waals surface area contributed by atoms with Crippen LogP contribution in [-0.4, -0.2) is 24.7 Å². The first kappa shape index (κ1) is 12.5. The fourth-order valence-corrected chi connectivity index (χ4v) is 3.56. The Morgan fingerprint density at radius 3 is 2.47 bits per heavy atom. The van der Waals surface area contributed by atoms with Crippen LogP contribution in [0.4, 0.5) is 0 Å². The van der Waals surface area contributed by atoms with Crippen molar-refractivity contribution in [2.45, 2.75) is 44.4 Å². The molecule has 0 spiro atoms. The van der Waals surface area contributed by atoms with E-state index in [0.29, 0.717) is 29.9 Å². The first-order chi connectivity index (χ1) is 9.26. The van der Waals surface area contributed by atoms with Gasteiger partial charge < -0.3 is 9.47 Å². The number of carbonyl (C=O) groups is 1. The molecular formula is C15H19NO3. The van der Waals surface area contributed by atoms with E-state index < -0.39 is 0 Å². The van der Waals surface area contributed by atoms with E-state index in [2.05, 4.69) is 4.98 Å². The number of rotatable bonds is 3. The summed E-state index contributed by atoms with van der Waals surface area (Å²) in [4.78, 5) is 16.4. The van der Waals surface area contributed by atoms with Gasteiger partial charge in [-0.1, -0.05) is 0 Å². The van der Waals surface area contributed by atoms with Crippen LogP contribution in [0, 0.1) is 0 Å². The largest absolute Gasteiger partial charge is 0.481 e. The van der Waals surface area contributed by atoms with Crippen LogP contribution in [0.5, 0.6) is 5.88 Å². The molecule has 1 heterocycles. The van der Waals surface area contributed by atoms with Crippen molar-refractivity contribution in [1.29, 1.82) is 0 Å². The number of ether oxygens (including phenoxy) is 2. The Kier molecular flexibility index (Phi) is 3.17. The predicted octanol–water partition coefficient (Wildman–Crippen LogP) is 3.02. The number of carbonyl (C=O) groups excluding carboxylic acids is 1. The van der Waals surface area contributed by atoms with E-state index in [1.54, 1.807) is 13.3 Å². The van der Waals surface area contributed by atoms with Crippen LogP contribution in [0.2, 0.25) is 0 Å². The molecule has 0 aromatic carbocycles. The summed E-state index contributed by atoms with van der Waals surface area (Å²) in [5.41, 5.74) is 2.95. The molecule has 0 N–H and O–H groups in total. The summed E-state index contributed by atoms with van der Waals surface area (Å²) in [6.45, 7) is 2.22. The first-order valence-electron chi connectivity index (χ1n) is 7.00. The summed E-state index contributed by atoms with van der Waals surface area (Å²) in [6, 6.07) is 0. The van der Waals surface area contributed by atoms with Gasteiger partial charge in [0.1, 0.15) is 0 Å². The van der Waals surface area contributed by atoms with Crippen LogP contribution in [0.3, 0.4) is 0 Å². The Morgan fingerprint density at radius 1 is 1.26 bits per heavy atom. The summed E-state index contributed by atoms with van der Waals surface area (Å²) in [5.74, 6) is 1.41. The Balaban J connectivity index is 2.13. The van der Waals surface area contributed by atoms with Crippen molar-refractivity contribution in [1.82, 2.24) is 4.98 Å². The van der Waals surface area contributed by atoms with Gasteiger partial charge in [0.05, 0.1) is 19.3 Å². The molecule has 19 heavy (non-hydrogen) atoms. The van der Waals surface area contributed by atoms with Crippen molar-refractivity contribution in [2.75, 3.05) is 13.7 Å². The lowest BCUT2D eigenvalue weighted by Gasteiger charge is -2.39. The summed E-state index contributed by atoms with van der Waals surface area (Å²) >= 11 is 0. The van der Waals surface area contributed by atoms with Crippen LogP contribution in [0.25, 0.3) is 0 Å². The van der Waals surface area contributed by atoms with Gasteiger partial charge in [-0.3, -0.25) is 0 Å². The van der Waals surface area contributed by atoms with Crippen LogP contribution < -0.4 is 4.74 Å². The van der Waals surface area contributed by atoms with Crippen LogP contribution in [-0.2, 0) is 4.74 Å². The number of hydrogen-bond acceptors (Lipinski definition) is 4. The van der Waals surface area contributed by atoms with Gasteiger partial charge in [-0.25, -0.2) is 9.78 Å². The van der Waals surface area contributed by atoms with Crippen LogP contribution >= 0.6 is 0 Å². The molecule has 1 fully saturated rings. The second kappa shape index (κ2) is 4.83. The molecule has 3 aliphatic carbocycles. The fraction of sp³-hybridized carbons (Fsp3) is 0.600. The second-order valence-corrected chi connectivity index (χ2v) is 5.28. The third-order valence-corrected chi connectivity index (χ3v) is 4.35. The van der Waals surface area contributed by atoms with Gasteiger partial charge >= 0.3 is 5.97 Å². The van der Waals surface area contributed by atoms with E-state index in [9.17, 15) is 4.79 Å². The molecule has 0 saturated heterocycles. The van der Waals surface area contributed by atoms with E-state index in [-0.39, 0.29) is 5.97 Å². The topological polar surface area (TPSA) is 48.4 Å². The number of methoxy groups -OCH3 is 1. The molecule has 1 aromatic rings. The molecule has 3 aliphatic rings. The Bertz CT molecular complexity index is 504. The third-order valence-electron chi connectivity index (χ3n) is 4.35. The Hall–Kier alpha value is -1.58. The average molecular weight is 261 g/mol. The molecule has 1 saturated carbocycles. The quantitative estimate of drug-likeness (QED) is 0.785. The average Bonchev–Trinajstić information content (AvgIpc) is 2.47. The van der Waals surface area contributed by atoms with Gasteiger partial charge in [0.25, 0.3) is 0 Å². The maximum absolute atomic E-state index is 12.1. The van der Waals surface area contributed by atoms with E-state index >= 15 is 0 Å². The SMILES string of the molecule is CCOC(=O)c1cnc(OC)c2c1C1CCC2CC1. The lowest BCUT2D eigenvalue weighted by Crippen LogP contribution is -2.26. The van der Waals surface area contributed by atoms with E-state index in [0.717, 1.165) is 24.0 Å². The smallest absolute Gasteiger partial charge is 0.339 e. The molecule has 0 radical (unpaired) electrons. The van der Waals surface area contributed by atoms with Crippen LogP contribution in [0.15, 0.2) is 6.20 Å². The molecule has 0 aliphatic heterocycles. The van der Waals surface area contributed by atoms with E-state index in [1.165, 1.54) is 12.8 Å². The molecule has 4 heteroatoms. The van der Waals surface area contributed by atoms with Crippen molar-refractivity contribution in [3.63, 3.8) is 0 Å². The van der Waals surface area contributed by atoms with Gasteiger partial charge in [-0.05, 0) is 50.0 Å². The summed E-state index contributed by atoms with van der Waals surface area (Å²) < 4.78 is 10.6. The third kappa shape index (κ3) is 1.90. The zero-order chi connectivity index (χ0) is 13.4. The number of hydrogen-bond donors (Lipinski definition) is 0. The lowest BCUT2D eigenvalue weighted by atomic mass is 9.66. The lowest BCUT2D eigenvalue weighted by molar-refractivity contribution is 0.0522. The summed E-state index contributed by atoms with van der Waals surface area (Å²) in [6.07, 6.45) is 6.31. The van der Waals surface area contributed by atoms with E-state index in [4.69, 9.17) is 9.47 Å². The maximum Gasteiger partial charge on any atom is 0.339 e. The monoisotopic (exact) mass is 261 g/mol. The number of aromatic nitrogens is 1. The first-order valence-corrected chi connectivity index (χ1v) is 7.00. The molecule has 0 amide bonds. The van der Waals surface area contributed by atoms with Crippen molar-refractivity contribution in [3.05, 3.63) is 22.9 Å². The van der Waals surface area contributed by atoms with Crippen molar-refractivity contribution >= 4 is 5.97 Å². The number of fused-ring (bicyclic) bond motifs is 2. The molecule has 0 atom stereocenters. The van der Waals surface area contributed by atoms with Gasteiger partial charge in [0.2, 0.25) is 5.88 Å². The van der Waals surface area contributed by atoms with Crippen molar-refractivity contribution in [3.8, 4) is 5.88 Å². The zero-order valence-electron chi connectivity index (χ0n) is 11.4. The molecule has 102 valence electrons. The molecule has 4 rings (SSSR count). The highest BCUT2D eigenvalue weighted by atomic mass is 16.5. The molecule has 0 unspecified atom stereocenters. The molecular weight excluding hydrogens is 242 g/mol. The minimum atomic E-state index is -0.249. The number of pyridine rings is 1. The minimum Gasteiger partial charge on any atom is -0.481 e. The van der Waals surface area contributed by atoms with Gasteiger partial charge in [-0.15, -0.1) is 0 Å². The van der Waals surface area contributed by atoms with Crippen LogP contribution in [0.1, 0.15) is 65.9 Å². The fourth-order valence-electron chi connectivity index (χ4n) is 3.56. The highest BCUT2D eigenvalue weighted by Crippen LogP contribution is 2.52. The van der Waals surface area contributed by atoms with Crippen molar-refractivity contribution in [2.24, 2.45) is 0 Å².